The van der Waals surface area contributed by atoms with Crippen LogP contribution in [0.15, 0.2) is 30.3 Å². The van der Waals surface area contributed by atoms with Gasteiger partial charge in [0.05, 0.1) is 0 Å². The molecule has 0 aromatic heterocycles. The van der Waals surface area contributed by atoms with Gasteiger partial charge in [-0.1, -0.05) is 89.6 Å². The highest BCUT2D eigenvalue weighted by molar-refractivity contribution is 5.18. The molecule has 0 aliphatic heterocycles. The van der Waals surface area contributed by atoms with Crippen molar-refractivity contribution >= 4 is 0 Å². The van der Waals surface area contributed by atoms with Gasteiger partial charge in [0.25, 0.3) is 0 Å². The van der Waals surface area contributed by atoms with Crippen LogP contribution in [0.4, 0.5) is 0 Å². The summed E-state index contributed by atoms with van der Waals surface area (Å²) in [6.45, 7) is 7.00. The Hall–Kier alpha value is -0.780. The first-order valence-electron chi connectivity index (χ1n) is 7.82. The van der Waals surface area contributed by atoms with Gasteiger partial charge in [0, 0.05) is 0 Å². The van der Waals surface area contributed by atoms with Gasteiger partial charge in [0.15, 0.2) is 0 Å². The molecule has 0 radical (unpaired) electrons. The smallest absolute Gasteiger partial charge is 0.0188 e. The second-order valence-electron chi connectivity index (χ2n) is 5.70. The SMILES string of the molecule is CCCCCC(CCC)CC(C)c1ccccc1. The zero-order valence-corrected chi connectivity index (χ0v) is 12.5. The number of hydrogen-bond donors (Lipinski definition) is 0. The van der Waals surface area contributed by atoms with E-state index in [1.165, 1.54) is 50.5 Å². The van der Waals surface area contributed by atoms with Crippen LogP contribution in [-0.4, -0.2) is 0 Å². The van der Waals surface area contributed by atoms with Crippen molar-refractivity contribution in [3.8, 4) is 0 Å². The average Bonchev–Trinajstić information content (AvgIpc) is 2.40. The van der Waals surface area contributed by atoms with Crippen molar-refractivity contribution in [3.05, 3.63) is 35.9 Å². The fraction of sp³-hybridized carbons (Fsp3) is 0.667. The molecule has 0 saturated carbocycles. The van der Waals surface area contributed by atoms with E-state index in [0.717, 1.165) is 5.92 Å². The molecule has 1 rings (SSSR count). The Labute approximate surface area is 114 Å². The molecule has 0 heterocycles. The van der Waals surface area contributed by atoms with Crippen LogP contribution in [0.2, 0.25) is 0 Å². The van der Waals surface area contributed by atoms with Crippen molar-refractivity contribution in [1.82, 2.24) is 0 Å². The second kappa shape index (κ2) is 9.19. The fourth-order valence-corrected chi connectivity index (χ4v) is 2.89. The maximum atomic E-state index is 2.39. The third-order valence-corrected chi connectivity index (χ3v) is 3.97. The van der Waals surface area contributed by atoms with Crippen molar-refractivity contribution in [2.75, 3.05) is 0 Å². The zero-order chi connectivity index (χ0) is 13.2. The summed E-state index contributed by atoms with van der Waals surface area (Å²) in [5.41, 5.74) is 1.51. The van der Waals surface area contributed by atoms with Crippen LogP contribution >= 0.6 is 0 Å². The molecule has 0 amide bonds. The van der Waals surface area contributed by atoms with Crippen molar-refractivity contribution < 1.29 is 0 Å². The Morgan fingerprint density at radius 1 is 0.889 bits per heavy atom. The molecule has 0 N–H and O–H groups in total. The van der Waals surface area contributed by atoms with Gasteiger partial charge in [-0.3, -0.25) is 0 Å². The highest BCUT2D eigenvalue weighted by Crippen LogP contribution is 2.29. The van der Waals surface area contributed by atoms with Crippen LogP contribution in [0.3, 0.4) is 0 Å². The van der Waals surface area contributed by atoms with E-state index in [1.807, 2.05) is 0 Å². The summed E-state index contributed by atoms with van der Waals surface area (Å²) in [5, 5.41) is 0. The first-order chi connectivity index (χ1) is 8.77. The maximum absolute atomic E-state index is 2.39. The van der Waals surface area contributed by atoms with Crippen LogP contribution in [0.25, 0.3) is 0 Å². The van der Waals surface area contributed by atoms with Gasteiger partial charge in [-0.05, 0) is 23.8 Å². The lowest BCUT2D eigenvalue weighted by Crippen LogP contribution is -2.06. The molecular formula is C18H30. The monoisotopic (exact) mass is 246 g/mol. The topological polar surface area (TPSA) is 0 Å². The molecule has 0 aliphatic rings. The molecule has 102 valence electrons. The van der Waals surface area contributed by atoms with Gasteiger partial charge in [-0.2, -0.15) is 0 Å². The minimum atomic E-state index is 0.712. The molecular weight excluding hydrogens is 216 g/mol. The van der Waals surface area contributed by atoms with Crippen molar-refractivity contribution in [2.45, 2.75) is 71.6 Å². The minimum Gasteiger partial charge on any atom is -0.0654 e. The molecule has 0 spiro atoms. The van der Waals surface area contributed by atoms with Gasteiger partial charge < -0.3 is 0 Å². The molecule has 1 aromatic rings. The average molecular weight is 246 g/mol. The summed E-state index contributed by atoms with van der Waals surface area (Å²) >= 11 is 0. The molecule has 1 aromatic carbocycles. The highest BCUT2D eigenvalue weighted by atomic mass is 14.2. The zero-order valence-electron chi connectivity index (χ0n) is 12.5. The van der Waals surface area contributed by atoms with E-state index in [0.29, 0.717) is 5.92 Å². The minimum absolute atomic E-state index is 0.712. The van der Waals surface area contributed by atoms with Crippen molar-refractivity contribution in [1.29, 1.82) is 0 Å². The summed E-state index contributed by atoms with van der Waals surface area (Å²) in [6.07, 6.45) is 9.69. The molecule has 0 saturated heterocycles. The van der Waals surface area contributed by atoms with E-state index in [-0.39, 0.29) is 0 Å². The second-order valence-corrected chi connectivity index (χ2v) is 5.70. The van der Waals surface area contributed by atoms with E-state index in [4.69, 9.17) is 0 Å². The highest BCUT2D eigenvalue weighted by Gasteiger charge is 2.13. The van der Waals surface area contributed by atoms with Crippen molar-refractivity contribution in [3.63, 3.8) is 0 Å². The number of unbranched alkanes of at least 4 members (excludes halogenated alkanes) is 2. The third-order valence-electron chi connectivity index (χ3n) is 3.97. The van der Waals surface area contributed by atoms with Crippen LogP contribution < -0.4 is 0 Å². The Kier molecular flexibility index (Phi) is 7.80. The summed E-state index contributed by atoms with van der Waals surface area (Å²) in [4.78, 5) is 0. The molecule has 0 aliphatic carbocycles. The molecule has 2 unspecified atom stereocenters. The van der Waals surface area contributed by atoms with Gasteiger partial charge >= 0.3 is 0 Å². The quantitative estimate of drug-likeness (QED) is 0.457. The molecule has 0 fully saturated rings. The largest absolute Gasteiger partial charge is 0.0654 e. The summed E-state index contributed by atoms with van der Waals surface area (Å²) in [5.74, 6) is 1.64. The van der Waals surface area contributed by atoms with Crippen LogP contribution in [-0.2, 0) is 0 Å². The van der Waals surface area contributed by atoms with E-state index >= 15 is 0 Å². The number of benzene rings is 1. The van der Waals surface area contributed by atoms with Gasteiger partial charge in [-0.15, -0.1) is 0 Å². The predicted octanol–water partition coefficient (Wildman–Crippen LogP) is 6.18. The van der Waals surface area contributed by atoms with Crippen LogP contribution in [0.1, 0.15) is 77.2 Å². The van der Waals surface area contributed by atoms with E-state index in [1.54, 1.807) is 0 Å². The summed E-state index contributed by atoms with van der Waals surface area (Å²) in [6, 6.07) is 11.0. The lowest BCUT2D eigenvalue weighted by Gasteiger charge is -2.21. The van der Waals surface area contributed by atoms with Crippen LogP contribution in [0.5, 0.6) is 0 Å². The first kappa shape index (κ1) is 15.3. The summed E-state index contributed by atoms with van der Waals surface area (Å²) < 4.78 is 0. The van der Waals surface area contributed by atoms with Gasteiger partial charge in [0.1, 0.15) is 0 Å². The molecule has 0 nitrogen and oxygen atoms in total. The Morgan fingerprint density at radius 3 is 2.22 bits per heavy atom. The Bertz CT molecular complexity index is 288. The summed E-state index contributed by atoms with van der Waals surface area (Å²) in [7, 11) is 0. The third kappa shape index (κ3) is 5.71. The standard InChI is InChI=1S/C18H30/c1-4-6-8-12-17(11-5-2)15-16(3)18-13-9-7-10-14-18/h7,9-10,13-14,16-17H,4-6,8,11-12,15H2,1-3H3. The lowest BCUT2D eigenvalue weighted by molar-refractivity contribution is 0.374. The van der Waals surface area contributed by atoms with E-state index in [9.17, 15) is 0 Å². The molecule has 18 heavy (non-hydrogen) atoms. The molecule has 0 bridgehead atoms. The normalized spacial score (nSPS) is 14.4. The lowest BCUT2D eigenvalue weighted by atomic mass is 9.85. The predicted molar refractivity (Wildman–Crippen MR) is 82.0 cm³/mol. The van der Waals surface area contributed by atoms with Gasteiger partial charge in [-0.25, -0.2) is 0 Å². The number of hydrogen-bond acceptors (Lipinski definition) is 0. The fourth-order valence-electron chi connectivity index (χ4n) is 2.89. The van der Waals surface area contributed by atoms with Gasteiger partial charge in [0.2, 0.25) is 0 Å². The Balaban J connectivity index is 2.44. The maximum Gasteiger partial charge on any atom is -0.0188 e. The first-order valence-corrected chi connectivity index (χ1v) is 7.82. The molecule has 0 heteroatoms. The Morgan fingerprint density at radius 2 is 1.61 bits per heavy atom. The van der Waals surface area contributed by atoms with E-state index in [2.05, 4.69) is 51.1 Å². The number of rotatable bonds is 9. The van der Waals surface area contributed by atoms with Crippen molar-refractivity contribution in [2.24, 2.45) is 5.92 Å². The van der Waals surface area contributed by atoms with E-state index < -0.39 is 0 Å². The van der Waals surface area contributed by atoms with Crippen LogP contribution in [0, 0.1) is 5.92 Å². The molecule has 2 atom stereocenters.